The maximum absolute atomic E-state index is 8.52. The predicted molar refractivity (Wildman–Crippen MR) is 44.4 cm³/mol. The first kappa shape index (κ1) is 14.2. The van der Waals surface area contributed by atoms with Crippen molar-refractivity contribution < 1.29 is 17.5 Å². The molecule has 0 atom stereocenters. The highest BCUT2D eigenvalue weighted by Crippen LogP contribution is 1.66. The first-order chi connectivity index (χ1) is 5.77. The highest BCUT2D eigenvalue weighted by Gasteiger charge is 1.67. The maximum atomic E-state index is 8.52. The van der Waals surface area contributed by atoms with E-state index in [1.165, 1.54) is 0 Å². The predicted octanol–water partition coefficient (Wildman–Crippen LogP) is -1.71. The Labute approximate surface area is 76.4 Å². The molecule has 13 heavy (non-hydrogen) atoms. The van der Waals surface area contributed by atoms with E-state index in [-0.39, 0.29) is 5.96 Å². The second-order valence-corrected chi connectivity index (χ2v) is 2.40. The van der Waals surface area contributed by atoms with Gasteiger partial charge in [0.2, 0.25) is 0 Å². The Kier molecular flexibility index (Phi) is 8.05. The molecule has 0 radical (unpaired) electrons. The van der Waals surface area contributed by atoms with Crippen LogP contribution in [0.4, 0.5) is 0 Å². The molecule has 0 aliphatic carbocycles. The zero-order valence-corrected chi connectivity index (χ0v) is 7.67. The standard InChI is InChI=1S/C5H9N3.H2O4S/c1-2-3-4-8-5(6)7;1-5(2,3)4/h2H2,1H3,(H4,6,7,8);(H2,1,2,3,4)/p-2. The van der Waals surface area contributed by atoms with E-state index in [0.717, 1.165) is 6.42 Å². The van der Waals surface area contributed by atoms with Crippen LogP contribution in [0, 0.1) is 12.0 Å². The number of nitrogens with zero attached hydrogens (tertiary/aromatic N) is 1. The number of hydrogen-bond donors (Lipinski definition) is 2. The molecule has 0 amide bonds. The lowest BCUT2D eigenvalue weighted by atomic mass is 10.5. The molecule has 0 saturated carbocycles. The first-order valence-electron chi connectivity index (χ1n) is 3.00. The molecule has 0 bridgehead atoms. The van der Waals surface area contributed by atoms with E-state index in [1.54, 1.807) is 0 Å². The van der Waals surface area contributed by atoms with Crippen molar-refractivity contribution in [3.8, 4) is 12.0 Å². The van der Waals surface area contributed by atoms with Gasteiger partial charge in [0.05, 0.1) is 0 Å². The van der Waals surface area contributed by atoms with Gasteiger partial charge in [0.25, 0.3) is 0 Å². The number of guanidine groups is 1. The van der Waals surface area contributed by atoms with E-state index < -0.39 is 10.4 Å². The van der Waals surface area contributed by atoms with Gasteiger partial charge < -0.3 is 20.6 Å². The molecule has 0 aliphatic rings. The van der Waals surface area contributed by atoms with E-state index in [1.807, 2.05) is 6.92 Å². The lowest BCUT2D eigenvalue weighted by Crippen LogP contribution is -2.21. The summed E-state index contributed by atoms with van der Waals surface area (Å²) < 4.78 is 34.1. The van der Waals surface area contributed by atoms with Crippen molar-refractivity contribution in [3.05, 3.63) is 0 Å². The minimum absolute atomic E-state index is 0.0194. The normalized spacial score (nSPS) is 8.54. The Morgan fingerprint density at radius 2 is 1.85 bits per heavy atom. The molecular formula is C5H9N3O4S-2. The summed E-state index contributed by atoms with van der Waals surface area (Å²) in [6.45, 7) is 1.93. The molecular weight excluding hydrogens is 198 g/mol. The molecule has 0 fully saturated rings. The lowest BCUT2D eigenvalue weighted by Gasteiger charge is -2.06. The van der Waals surface area contributed by atoms with Gasteiger partial charge in [-0.1, -0.05) is 12.8 Å². The molecule has 4 N–H and O–H groups in total. The van der Waals surface area contributed by atoms with Crippen LogP contribution in [0.1, 0.15) is 13.3 Å². The fraction of sp³-hybridized carbons (Fsp3) is 0.400. The molecule has 0 aromatic heterocycles. The van der Waals surface area contributed by atoms with Gasteiger partial charge in [0, 0.05) is 22.9 Å². The zero-order chi connectivity index (χ0) is 10.9. The number of hydrogen-bond acceptors (Lipinski definition) is 5. The Hall–Kier alpha value is -1.30. The highest BCUT2D eigenvalue weighted by molar-refractivity contribution is 7.79. The van der Waals surface area contributed by atoms with Gasteiger partial charge in [-0.15, -0.1) is 0 Å². The summed E-state index contributed by atoms with van der Waals surface area (Å²) in [6, 6.07) is 2.42. The molecule has 0 aromatic carbocycles. The molecule has 0 aromatic rings. The van der Waals surface area contributed by atoms with E-state index in [9.17, 15) is 0 Å². The quantitative estimate of drug-likeness (QED) is 0.159. The van der Waals surface area contributed by atoms with Crippen molar-refractivity contribution in [1.29, 1.82) is 0 Å². The Bertz CT molecular complexity index is 298. The van der Waals surface area contributed by atoms with Crippen molar-refractivity contribution in [1.82, 2.24) is 0 Å². The number of aliphatic imine (C=N–C) groups is 1. The van der Waals surface area contributed by atoms with Crippen LogP contribution in [0.3, 0.4) is 0 Å². The van der Waals surface area contributed by atoms with E-state index in [2.05, 4.69) is 17.0 Å². The van der Waals surface area contributed by atoms with Crippen molar-refractivity contribution in [2.75, 3.05) is 0 Å². The fourth-order valence-corrected chi connectivity index (χ4v) is 0.183. The van der Waals surface area contributed by atoms with Gasteiger partial charge in [-0.05, 0) is 0 Å². The molecule has 76 valence electrons. The van der Waals surface area contributed by atoms with Gasteiger partial charge in [-0.25, -0.2) is 0 Å². The summed E-state index contributed by atoms with van der Waals surface area (Å²) in [6.07, 6.45) is 0.775. The van der Waals surface area contributed by atoms with Gasteiger partial charge in [-0.2, -0.15) is 4.99 Å². The minimum Gasteiger partial charge on any atom is -0.759 e. The second kappa shape index (κ2) is 7.35. The molecule has 0 spiro atoms. The van der Waals surface area contributed by atoms with E-state index in [0.29, 0.717) is 0 Å². The molecule has 0 unspecified atom stereocenters. The van der Waals surface area contributed by atoms with Gasteiger partial charge in [-0.3, -0.25) is 8.42 Å². The summed E-state index contributed by atoms with van der Waals surface area (Å²) >= 11 is 0. The Morgan fingerprint density at radius 3 is 2.08 bits per heavy atom. The largest absolute Gasteiger partial charge is 0.759 e. The third kappa shape index (κ3) is 59.2. The SMILES string of the molecule is CCC#CN=C(N)N.O=S(=O)([O-])[O-]. The zero-order valence-electron chi connectivity index (χ0n) is 6.85. The maximum Gasteiger partial charge on any atom is 0.199 e. The molecule has 0 heterocycles. The fourth-order valence-electron chi connectivity index (χ4n) is 0.183. The van der Waals surface area contributed by atoms with Crippen molar-refractivity contribution in [2.45, 2.75) is 13.3 Å². The average molecular weight is 207 g/mol. The third-order valence-electron chi connectivity index (χ3n) is 0.441. The van der Waals surface area contributed by atoms with Crippen molar-refractivity contribution in [2.24, 2.45) is 16.5 Å². The van der Waals surface area contributed by atoms with E-state index >= 15 is 0 Å². The molecule has 8 heteroatoms. The van der Waals surface area contributed by atoms with Crippen molar-refractivity contribution in [3.63, 3.8) is 0 Å². The van der Waals surface area contributed by atoms with Gasteiger partial charge >= 0.3 is 0 Å². The van der Waals surface area contributed by atoms with Crippen molar-refractivity contribution >= 4 is 16.4 Å². The van der Waals surface area contributed by atoms with Crippen LogP contribution in [0.5, 0.6) is 0 Å². The van der Waals surface area contributed by atoms with Crippen LogP contribution in [0.25, 0.3) is 0 Å². The topological polar surface area (TPSA) is 145 Å². The Morgan fingerprint density at radius 1 is 1.46 bits per heavy atom. The minimum atomic E-state index is -5.17. The van der Waals surface area contributed by atoms with Crippen LogP contribution in [0.2, 0.25) is 0 Å². The summed E-state index contributed by atoms with van der Waals surface area (Å²) in [5.74, 6) is 2.70. The average Bonchev–Trinajstić information content (AvgIpc) is 1.83. The van der Waals surface area contributed by atoms with Crippen LogP contribution in [-0.2, 0) is 10.4 Å². The summed E-state index contributed by atoms with van der Waals surface area (Å²) in [5.41, 5.74) is 9.92. The molecule has 0 rings (SSSR count). The molecule has 0 saturated heterocycles. The lowest BCUT2D eigenvalue weighted by molar-refractivity contribution is 0.352. The first-order valence-corrected chi connectivity index (χ1v) is 4.34. The van der Waals surface area contributed by atoms with E-state index in [4.69, 9.17) is 29.0 Å². The van der Waals surface area contributed by atoms with Gasteiger partial charge in [0.15, 0.2) is 5.96 Å². The highest BCUT2D eigenvalue weighted by atomic mass is 32.3. The molecule has 7 nitrogen and oxygen atoms in total. The third-order valence-corrected chi connectivity index (χ3v) is 0.441. The van der Waals surface area contributed by atoms with Crippen LogP contribution in [0.15, 0.2) is 4.99 Å². The number of nitrogens with two attached hydrogens (primary N) is 2. The monoisotopic (exact) mass is 207 g/mol. The van der Waals surface area contributed by atoms with Crippen LogP contribution in [-0.4, -0.2) is 23.5 Å². The van der Waals surface area contributed by atoms with Gasteiger partial charge in [0.1, 0.15) is 0 Å². The second-order valence-electron chi connectivity index (χ2n) is 1.59. The van der Waals surface area contributed by atoms with Crippen LogP contribution >= 0.6 is 0 Å². The molecule has 0 aliphatic heterocycles. The summed E-state index contributed by atoms with van der Waals surface area (Å²) in [4.78, 5) is 3.43. The Balaban J connectivity index is 0. The summed E-state index contributed by atoms with van der Waals surface area (Å²) in [5, 5.41) is 0. The number of rotatable bonds is 0. The smallest absolute Gasteiger partial charge is 0.199 e. The van der Waals surface area contributed by atoms with Crippen LogP contribution < -0.4 is 11.5 Å². The summed E-state index contributed by atoms with van der Waals surface area (Å²) in [7, 11) is -5.17.